The summed E-state index contributed by atoms with van der Waals surface area (Å²) in [5.41, 5.74) is 7.81. The van der Waals surface area contributed by atoms with Crippen molar-refractivity contribution in [2.24, 2.45) is 11.7 Å². The SMILES string of the molecule is CC(C)[C@H](NS(=O)(=O)Cc1cccc(-c2ccccc2)c1)C(=O)N[C@@H](Cc1ccccc1)C(=O)N[C@@H](C)C(=O)NC(CCC(N)=O)C(O)C(F)(F)F. The zero-order valence-electron chi connectivity index (χ0n) is 28.9. The van der Waals surface area contributed by atoms with E-state index >= 15 is 0 Å². The molecule has 4 amide bonds. The summed E-state index contributed by atoms with van der Waals surface area (Å²) in [6.07, 6.45) is -9.43. The Kier molecular flexibility index (Phi) is 14.9. The van der Waals surface area contributed by atoms with Gasteiger partial charge in [-0.25, -0.2) is 13.1 Å². The molecule has 0 saturated carbocycles. The fourth-order valence-corrected chi connectivity index (χ4v) is 6.73. The third-order valence-electron chi connectivity index (χ3n) is 8.06. The van der Waals surface area contributed by atoms with E-state index in [9.17, 15) is 45.9 Å². The van der Waals surface area contributed by atoms with Crippen molar-refractivity contribution >= 4 is 33.7 Å². The van der Waals surface area contributed by atoms with Crippen LogP contribution < -0.4 is 26.4 Å². The van der Waals surface area contributed by atoms with Crippen LogP contribution in [0.2, 0.25) is 0 Å². The number of sulfonamides is 1. The second kappa shape index (κ2) is 18.6. The average molecular weight is 748 g/mol. The van der Waals surface area contributed by atoms with Gasteiger partial charge in [-0.05, 0) is 41.5 Å². The monoisotopic (exact) mass is 747 g/mol. The molecule has 0 aromatic heterocycles. The molecule has 2 unspecified atom stereocenters. The Morgan fingerprint density at radius 3 is 1.92 bits per heavy atom. The molecule has 3 aromatic rings. The fraction of sp³-hybridized carbons (Fsp3) is 0.389. The largest absolute Gasteiger partial charge is 0.416 e. The van der Waals surface area contributed by atoms with Gasteiger partial charge >= 0.3 is 6.18 Å². The molecule has 7 N–H and O–H groups in total. The number of alkyl halides is 3. The lowest BCUT2D eigenvalue weighted by Crippen LogP contribution is -2.59. The number of nitrogens with one attached hydrogen (secondary N) is 4. The number of hydrogen-bond donors (Lipinski definition) is 6. The Morgan fingerprint density at radius 2 is 1.35 bits per heavy atom. The summed E-state index contributed by atoms with van der Waals surface area (Å²) in [6, 6.07) is 18.7. The number of benzene rings is 3. The summed E-state index contributed by atoms with van der Waals surface area (Å²) in [5.74, 6) is -4.80. The van der Waals surface area contributed by atoms with Gasteiger partial charge in [-0.3, -0.25) is 19.2 Å². The Balaban J connectivity index is 1.77. The Hall–Kier alpha value is -4.80. The third-order valence-corrected chi connectivity index (χ3v) is 9.39. The lowest BCUT2D eigenvalue weighted by Gasteiger charge is -2.28. The molecular weight excluding hydrogens is 703 g/mol. The van der Waals surface area contributed by atoms with Crippen LogP contribution in [-0.4, -0.2) is 73.6 Å². The summed E-state index contributed by atoms with van der Waals surface area (Å²) in [6.45, 7) is 4.41. The minimum atomic E-state index is -5.13. The molecular formula is C36H44F3N5O7S. The number of rotatable bonds is 18. The van der Waals surface area contributed by atoms with E-state index in [-0.39, 0.29) is 6.42 Å². The van der Waals surface area contributed by atoms with Crippen LogP contribution in [-0.2, 0) is 41.4 Å². The molecule has 0 bridgehead atoms. The maximum Gasteiger partial charge on any atom is 0.416 e. The van der Waals surface area contributed by atoms with E-state index < -0.39 is 94.6 Å². The van der Waals surface area contributed by atoms with Crippen LogP contribution in [0.3, 0.4) is 0 Å². The molecule has 5 atom stereocenters. The molecule has 0 radical (unpaired) electrons. The lowest BCUT2D eigenvalue weighted by atomic mass is 10.0. The van der Waals surface area contributed by atoms with E-state index in [1.807, 2.05) is 41.7 Å². The first-order valence-electron chi connectivity index (χ1n) is 16.5. The van der Waals surface area contributed by atoms with Crippen molar-refractivity contribution in [2.45, 2.75) is 82.2 Å². The molecule has 52 heavy (non-hydrogen) atoms. The quantitative estimate of drug-likeness (QED) is 0.115. The number of aliphatic hydroxyl groups excluding tert-OH is 1. The highest BCUT2D eigenvalue weighted by Crippen LogP contribution is 2.25. The van der Waals surface area contributed by atoms with Crippen LogP contribution >= 0.6 is 0 Å². The maximum absolute atomic E-state index is 13.7. The van der Waals surface area contributed by atoms with Gasteiger partial charge < -0.3 is 26.8 Å². The van der Waals surface area contributed by atoms with E-state index in [0.717, 1.165) is 11.1 Å². The topological polar surface area (TPSA) is 197 Å². The molecule has 0 heterocycles. The molecule has 282 valence electrons. The van der Waals surface area contributed by atoms with E-state index in [0.29, 0.717) is 11.1 Å². The summed E-state index contributed by atoms with van der Waals surface area (Å²) >= 11 is 0. The van der Waals surface area contributed by atoms with Gasteiger partial charge in [0.15, 0.2) is 6.10 Å². The van der Waals surface area contributed by atoms with Gasteiger partial charge in [0.05, 0.1) is 11.8 Å². The zero-order chi connectivity index (χ0) is 38.6. The van der Waals surface area contributed by atoms with Gasteiger partial charge in [-0.15, -0.1) is 0 Å². The number of carbonyl (C=O) groups excluding carboxylic acids is 4. The van der Waals surface area contributed by atoms with Crippen molar-refractivity contribution in [1.82, 2.24) is 20.7 Å². The fourth-order valence-electron chi connectivity index (χ4n) is 5.26. The number of carbonyl (C=O) groups is 4. The predicted octanol–water partition coefficient (Wildman–Crippen LogP) is 2.70. The minimum Gasteiger partial charge on any atom is -0.382 e. The lowest BCUT2D eigenvalue weighted by molar-refractivity contribution is -0.212. The van der Waals surface area contributed by atoms with Crippen LogP contribution in [0.15, 0.2) is 84.9 Å². The van der Waals surface area contributed by atoms with Crippen molar-refractivity contribution in [3.05, 3.63) is 96.1 Å². The predicted molar refractivity (Wildman–Crippen MR) is 188 cm³/mol. The smallest absolute Gasteiger partial charge is 0.382 e. The minimum absolute atomic E-state index is 0.0926. The molecule has 0 fully saturated rings. The normalized spacial score (nSPS) is 14.8. The van der Waals surface area contributed by atoms with Crippen molar-refractivity contribution in [1.29, 1.82) is 0 Å². The first kappa shape index (κ1) is 41.6. The van der Waals surface area contributed by atoms with Crippen molar-refractivity contribution in [3.8, 4) is 11.1 Å². The molecule has 0 spiro atoms. The molecule has 3 aromatic carbocycles. The zero-order valence-corrected chi connectivity index (χ0v) is 29.7. The highest BCUT2D eigenvalue weighted by atomic mass is 32.2. The third kappa shape index (κ3) is 13.1. The van der Waals surface area contributed by atoms with Gasteiger partial charge in [-0.2, -0.15) is 13.2 Å². The van der Waals surface area contributed by atoms with Crippen LogP contribution in [0.4, 0.5) is 13.2 Å². The Morgan fingerprint density at radius 1 is 0.769 bits per heavy atom. The Bertz CT molecular complexity index is 1780. The number of nitrogens with two attached hydrogens (primary N) is 1. The summed E-state index contributed by atoms with van der Waals surface area (Å²) in [7, 11) is -4.10. The van der Waals surface area contributed by atoms with Crippen molar-refractivity contribution < 1.29 is 45.9 Å². The van der Waals surface area contributed by atoms with Gasteiger partial charge in [0, 0.05) is 12.8 Å². The second-order valence-corrected chi connectivity index (χ2v) is 14.5. The van der Waals surface area contributed by atoms with Gasteiger partial charge in [0.1, 0.15) is 18.1 Å². The second-order valence-electron chi connectivity index (χ2n) is 12.8. The van der Waals surface area contributed by atoms with Gasteiger partial charge in [0.2, 0.25) is 33.7 Å². The van der Waals surface area contributed by atoms with Crippen LogP contribution in [0.25, 0.3) is 11.1 Å². The first-order chi connectivity index (χ1) is 24.4. The van der Waals surface area contributed by atoms with Crippen molar-refractivity contribution in [3.63, 3.8) is 0 Å². The number of aliphatic hydroxyl groups is 1. The van der Waals surface area contributed by atoms with E-state index in [4.69, 9.17) is 5.73 Å². The molecule has 0 aliphatic carbocycles. The molecule has 0 aliphatic rings. The summed E-state index contributed by atoms with van der Waals surface area (Å²) in [5, 5.41) is 16.7. The molecule has 12 nitrogen and oxygen atoms in total. The van der Waals surface area contributed by atoms with E-state index in [2.05, 4.69) is 15.4 Å². The van der Waals surface area contributed by atoms with Gasteiger partial charge in [-0.1, -0.05) is 98.8 Å². The number of primary amides is 1. The van der Waals surface area contributed by atoms with Crippen molar-refractivity contribution in [2.75, 3.05) is 0 Å². The first-order valence-corrected chi connectivity index (χ1v) is 18.1. The molecule has 0 saturated heterocycles. The average Bonchev–Trinajstić information content (AvgIpc) is 3.08. The van der Waals surface area contributed by atoms with Crippen LogP contribution in [0.1, 0.15) is 44.7 Å². The molecule has 16 heteroatoms. The van der Waals surface area contributed by atoms with E-state index in [1.165, 1.54) is 6.92 Å². The van der Waals surface area contributed by atoms with Crippen LogP contribution in [0, 0.1) is 5.92 Å². The molecule has 3 rings (SSSR count). The summed E-state index contributed by atoms with van der Waals surface area (Å²) in [4.78, 5) is 51.2. The number of hydrogen-bond acceptors (Lipinski definition) is 7. The highest BCUT2D eigenvalue weighted by Gasteiger charge is 2.44. The maximum atomic E-state index is 13.7. The number of halogens is 3. The van der Waals surface area contributed by atoms with E-state index in [1.54, 1.807) is 62.4 Å². The number of amides is 4. The summed E-state index contributed by atoms with van der Waals surface area (Å²) < 4.78 is 68.9. The standard InChI is InChI=1S/C36H44F3N5O7S/c1-22(2)31(44-52(50,51)21-25-13-10-16-27(19-25)26-14-8-5-9-15-26)35(49)43-29(20-24-11-6-4-7-12-24)34(48)41-23(3)33(47)42-28(17-18-30(40)45)32(46)36(37,38)39/h4-16,19,22-23,28-29,31-32,44,46H,17-18,20-21H2,1-3H3,(H2,40,45)(H,41,48)(H,42,47)(H,43,49)/t23-,28?,29-,31-,32?/m0/s1. The highest BCUT2D eigenvalue weighted by molar-refractivity contribution is 7.88. The Labute approximate surface area is 300 Å². The van der Waals surface area contributed by atoms with Crippen LogP contribution in [0.5, 0.6) is 0 Å². The van der Waals surface area contributed by atoms with Gasteiger partial charge in [0.25, 0.3) is 0 Å². The molecule has 0 aliphatic heterocycles.